The van der Waals surface area contributed by atoms with Crippen LogP contribution in [-0.2, 0) is 11.2 Å². The fraction of sp³-hybridized carbons (Fsp3) is 0.462. The Balaban J connectivity index is 1.38. The third-order valence-corrected chi connectivity index (χ3v) is 7.45. The molecule has 168 valence electrons. The number of nitrogens with one attached hydrogen (secondary N) is 1. The Morgan fingerprint density at radius 2 is 1.97 bits per heavy atom. The molecule has 2 fully saturated rings. The molecule has 1 N–H and O–H groups in total. The Labute approximate surface area is 189 Å². The molecule has 0 bridgehead atoms. The van der Waals surface area contributed by atoms with Crippen LogP contribution in [0.4, 0.5) is 4.79 Å². The lowest BCUT2D eigenvalue weighted by Crippen LogP contribution is -2.61. The van der Waals surface area contributed by atoms with Gasteiger partial charge in [-0.1, -0.05) is 36.4 Å². The van der Waals surface area contributed by atoms with Crippen LogP contribution in [0.3, 0.4) is 0 Å². The maximum absolute atomic E-state index is 13.5. The largest absolute Gasteiger partial charge is 0.497 e. The van der Waals surface area contributed by atoms with E-state index in [1.54, 1.807) is 7.11 Å². The van der Waals surface area contributed by atoms with Gasteiger partial charge < -0.3 is 19.9 Å². The molecule has 3 aliphatic rings. The summed E-state index contributed by atoms with van der Waals surface area (Å²) >= 11 is 0. The van der Waals surface area contributed by atoms with E-state index >= 15 is 0 Å². The fourth-order valence-corrected chi connectivity index (χ4v) is 5.76. The van der Waals surface area contributed by atoms with Crippen LogP contribution in [0.2, 0.25) is 0 Å². The first-order valence-electron chi connectivity index (χ1n) is 11.7. The number of hydrogen-bond donors (Lipinski definition) is 1. The number of rotatable bonds is 3. The third-order valence-electron chi connectivity index (χ3n) is 7.45. The molecular weight excluding hydrogens is 402 g/mol. The number of amides is 3. The molecule has 4 atom stereocenters. The summed E-state index contributed by atoms with van der Waals surface area (Å²) < 4.78 is 5.40. The van der Waals surface area contributed by atoms with Crippen LogP contribution in [0, 0.1) is 5.92 Å². The van der Waals surface area contributed by atoms with Gasteiger partial charge in [-0.25, -0.2) is 4.79 Å². The molecule has 2 saturated heterocycles. The van der Waals surface area contributed by atoms with Gasteiger partial charge in [0.2, 0.25) is 5.91 Å². The highest BCUT2D eigenvalue weighted by molar-refractivity contribution is 5.84. The summed E-state index contributed by atoms with van der Waals surface area (Å²) in [5.74, 6) is 0.963. The molecule has 0 aliphatic carbocycles. The summed E-state index contributed by atoms with van der Waals surface area (Å²) in [5, 5.41) is 3.17. The minimum atomic E-state index is -0.0995. The standard InChI is InChI=1S/C26H31N3O3/c1-17(18-7-4-3-5-8-18)27-26(31)29-13-6-9-22-24(29)16-23-21-11-10-20(32-2)15-19(21)12-14-28(23)25(22)30/h3-5,7-8,10-11,15,17,22-24H,6,9,12-14,16H2,1-2H3,(H,27,31)/t17-,22-,23-,24-/m1/s1. The van der Waals surface area contributed by atoms with Crippen molar-refractivity contribution in [1.82, 2.24) is 15.1 Å². The Kier molecular flexibility index (Phi) is 5.53. The minimum absolute atomic E-state index is 0.0263. The highest BCUT2D eigenvalue weighted by Crippen LogP contribution is 2.44. The van der Waals surface area contributed by atoms with Gasteiger partial charge in [0.05, 0.1) is 25.1 Å². The van der Waals surface area contributed by atoms with E-state index in [0.717, 1.165) is 43.5 Å². The van der Waals surface area contributed by atoms with Gasteiger partial charge in [-0.3, -0.25) is 4.79 Å². The molecule has 0 radical (unpaired) electrons. The highest BCUT2D eigenvalue weighted by Gasteiger charge is 2.48. The van der Waals surface area contributed by atoms with Gasteiger partial charge in [-0.05, 0) is 61.4 Å². The zero-order chi connectivity index (χ0) is 22.2. The lowest BCUT2D eigenvalue weighted by Gasteiger charge is -2.51. The number of benzene rings is 2. The van der Waals surface area contributed by atoms with E-state index in [1.165, 1.54) is 11.1 Å². The number of ether oxygens (including phenoxy) is 1. The van der Waals surface area contributed by atoms with Gasteiger partial charge in [0.1, 0.15) is 5.75 Å². The summed E-state index contributed by atoms with van der Waals surface area (Å²) in [4.78, 5) is 30.8. The number of carbonyl (C=O) groups excluding carboxylic acids is 2. The van der Waals surface area contributed by atoms with E-state index in [0.29, 0.717) is 6.54 Å². The Hall–Kier alpha value is -3.02. The predicted octanol–water partition coefficient (Wildman–Crippen LogP) is 4.08. The number of nitrogens with zero attached hydrogens (tertiary/aromatic N) is 2. The van der Waals surface area contributed by atoms with Gasteiger partial charge in [0.25, 0.3) is 0 Å². The Morgan fingerprint density at radius 3 is 2.75 bits per heavy atom. The van der Waals surface area contributed by atoms with Crippen molar-refractivity contribution >= 4 is 11.9 Å². The van der Waals surface area contributed by atoms with Crippen molar-refractivity contribution in [2.75, 3.05) is 20.2 Å². The van der Waals surface area contributed by atoms with E-state index < -0.39 is 0 Å². The quantitative estimate of drug-likeness (QED) is 0.794. The third kappa shape index (κ3) is 3.61. The normalized spacial score (nSPS) is 25.3. The summed E-state index contributed by atoms with van der Waals surface area (Å²) in [5.41, 5.74) is 3.53. The average Bonchev–Trinajstić information content (AvgIpc) is 2.83. The second-order valence-corrected chi connectivity index (χ2v) is 9.19. The second kappa shape index (κ2) is 8.49. The molecule has 6 nitrogen and oxygen atoms in total. The highest BCUT2D eigenvalue weighted by atomic mass is 16.5. The monoisotopic (exact) mass is 433 g/mol. The summed E-state index contributed by atoms with van der Waals surface area (Å²) in [6.45, 7) is 3.45. The van der Waals surface area contributed by atoms with Gasteiger partial charge in [0.15, 0.2) is 0 Å². The fourth-order valence-electron chi connectivity index (χ4n) is 5.76. The van der Waals surface area contributed by atoms with Crippen molar-refractivity contribution in [2.24, 2.45) is 5.92 Å². The van der Waals surface area contributed by atoms with E-state index in [1.807, 2.05) is 48.2 Å². The van der Waals surface area contributed by atoms with Gasteiger partial charge in [0, 0.05) is 19.1 Å². The summed E-state index contributed by atoms with van der Waals surface area (Å²) in [6, 6.07) is 16.0. The molecule has 3 aliphatic heterocycles. The first-order chi connectivity index (χ1) is 15.6. The van der Waals surface area contributed by atoms with Crippen molar-refractivity contribution in [3.05, 3.63) is 65.2 Å². The van der Waals surface area contributed by atoms with Gasteiger partial charge in [-0.2, -0.15) is 0 Å². The number of urea groups is 1. The van der Waals surface area contributed by atoms with Crippen LogP contribution < -0.4 is 10.1 Å². The molecule has 32 heavy (non-hydrogen) atoms. The molecule has 6 heteroatoms. The Bertz CT molecular complexity index is 1010. The summed E-state index contributed by atoms with van der Waals surface area (Å²) in [7, 11) is 1.68. The number of fused-ring (bicyclic) bond motifs is 4. The summed E-state index contributed by atoms with van der Waals surface area (Å²) in [6.07, 6.45) is 3.38. The number of piperidine rings is 2. The average molecular weight is 434 g/mol. The number of hydrogen-bond acceptors (Lipinski definition) is 3. The maximum Gasteiger partial charge on any atom is 0.318 e. The van der Waals surface area contributed by atoms with Crippen molar-refractivity contribution in [2.45, 2.75) is 50.7 Å². The predicted molar refractivity (Wildman–Crippen MR) is 122 cm³/mol. The molecule has 2 aromatic carbocycles. The molecule has 0 unspecified atom stereocenters. The van der Waals surface area contributed by atoms with Crippen molar-refractivity contribution in [1.29, 1.82) is 0 Å². The first kappa shape index (κ1) is 20.9. The topological polar surface area (TPSA) is 61.9 Å². The molecule has 2 aromatic rings. The van der Waals surface area contributed by atoms with Crippen LogP contribution in [-0.4, -0.2) is 48.0 Å². The molecular formula is C26H31N3O3. The van der Waals surface area contributed by atoms with Gasteiger partial charge >= 0.3 is 6.03 Å². The molecule has 0 spiro atoms. The van der Waals surface area contributed by atoms with Crippen LogP contribution in [0.5, 0.6) is 5.75 Å². The smallest absolute Gasteiger partial charge is 0.318 e. The first-order valence-corrected chi connectivity index (χ1v) is 11.7. The van der Waals surface area contributed by atoms with Crippen molar-refractivity contribution in [3.8, 4) is 5.75 Å². The number of methoxy groups -OCH3 is 1. The van der Waals surface area contributed by atoms with E-state index in [9.17, 15) is 9.59 Å². The molecule has 5 rings (SSSR count). The number of likely N-dealkylation sites (tertiary alicyclic amines) is 1. The SMILES string of the molecule is COc1ccc2c(c1)CCN1C(=O)[C@@H]3CCCN(C(=O)N[C@H](C)c4ccccc4)[C@@H]3C[C@H]21. The van der Waals surface area contributed by atoms with Gasteiger partial charge in [-0.15, -0.1) is 0 Å². The molecule has 0 aromatic heterocycles. The van der Waals surface area contributed by atoms with Crippen molar-refractivity contribution in [3.63, 3.8) is 0 Å². The lowest BCUT2D eigenvalue weighted by atomic mass is 9.76. The zero-order valence-corrected chi connectivity index (χ0v) is 18.8. The lowest BCUT2D eigenvalue weighted by molar-refractivity contribution is -0.148. The maximum atomic E-state index is 13.5. The number of carbonyl (C=O) groups is 2. The van der Waals surface area contributed by atoms with Crippen molar-refractivity contribution < 1.29 is 14.3 Å². The molecule has 3 heterocycles. The van der Waals surface area contributed by atoms with Crippen LogP contribution in [0.1, 0.15) is 55.0 Å². The minimum Gasteiger partial charge on any atom is -0.497 e. The van der Waals surface area contributed by atoms with E-state index in [-0.39, 0.29) is 36.0 Å². The molecule has 0 saturated carbocycles. The molecule has 3 amide bonds. The van der Waals surface area contributed by atoms with E-state index in [2.05, 4.69) is 22.3 Å². The second-order valence-electron chi connectivity index (χ2n) is 9.19. The van der Waals surface area contributed by atoms with Crippen LogP contribution in [0.25, 0.3) is 0 Å². The van der Waals surface area contributed by atoms with E-state index in [4.69, 9.17) is 4.74 Å². The zero-order valence-electron chi connectivity index (χ0n) is 18.8. The van der Waals surface area contributed by atoms with Crippen LogP contribution in [0.15, 0.2) is 48.5 Å². The Morgan fingerprint density at radius 1 is 1.16 bits per heavy atom. The van der Waals surface area contributed by atoms with Crippen LogP contribution >= 0.6 is 0 Å².